The van der Waals surface area contributed by atoms with E-state index in [0.717, 1.165) is 12.0 Å². The smallest absolute Gasteiger partial charge is 0.246 e. The van der Waals surface area contributed by atoms with Gasteiger partial charge in [0, 0.05) is 13.2 Å². The molecule has 0 aromatic heterocycles. The van der Waals surface area contributed by atoms with Gasteiger partial charge in [-0.2, -0.15) is 0 Å². The van der Waals surface area contributed by atoms with Crippen molar-refractivity contribution in [3.8, 4) is 0 Å². The first-order valence-electron chi connectivity index (χ1n) is 5.77. The van der Waals surface area contributed by atoms with Gasteiger partial charge in [0.15, 0.2) is 0 Å². The van der Waals surface area contributed by atoms with Crippen LogP contribution in [0.5, 0.6) is 0 Å². The molecule has 1 amide bonds. The van der Waals surface area contributed by atoms with Crippen LogP contribution in [0.3, 0.4) is 0 Å². The second-order valence-corrected chi connectivity index (χ2v) is 4.26. The molecule has 0 saturated heterocycles. The molecule has 0 heterocycles. The van der Waals surface area contributed by atoms with Crippen LogP contribution in [0.2, 0.25) is 0 Å². The molecular formula is C13H18ClNO2. The lowest BCUT2D eigenvalue weighted by molar-refractivity contribution is -0.125. The van der Waals surface area contributed by atoms with Crippen molar-refractivity contribution in [3.63, 3.8) is 0 Å². The Morgan fingerprint density at radius 3 is 2.76 bits per heavy atom. The normalized spacial score (nSPS) is 12.1. The average Bonchev–Trinajstić information content (AvgIpc) is 2.37. The van der Waals surface area contributed by atoms with E-state index < -0.39 is 0 Å². The van der Waals surface area contributed by atoms with E-state index in [9.17, 15) is 4.79 Å². The molecule has 1 aromatic carbocycles. The molecule has 17 heavy (non-hydrogen) atoms. The zero-order chi connectivity index (χ0) is 12.5. The van der Waals surface area contributed by atoms with Crippen LogP contribution in [0.1, 0.15) is 24.3 Å². The monoisotopic (exact) mass is 255 g/mol. The van der Waals surface area contributed by atoms with Crippen LogP contribution in [0, 0.1) is 0 Å². The molecule has 0 aliphatic heterocycles. The highest BCUT2D eigenvalue weighted by atomic mass is 35.5. The molecular weight excluding hydrogens is 238 g/mol. The molecule has 1 aromatic rings. The van der Waals surface area contributed by atoms with Gasteiger partial charge in [-0.1, -0.05) is 37.3 Å². The fraction of sp³-hybridized carbons (Fsp3) is 0.462. The molecule has 0 fully saturated rings. The largest absolute Gasteiger partial charge is 0.372 e. The van der Waals surface area contributed by atoms with Gasteiger partial charge in [0.25, 0.3) is 0 Å². The highest BCUT2D eigenvalue weighted by molar-refractivity contribution is 6.21. The Kier molecular flexibility index (Phi) is 6.67. The Hall–Kier alpha value is -1.06. The quantitative estimate of drug-likeness (QED) is 0.601. The summed E-state index contributed by atoms with van der Waals surface area (Å²) in [5, 5.41) is 2.54. The van der Waals surface area contributed by atoms with E-state index in [1.54, 1.807) is 0 Å². The number of hydrogen-bond acceptors (Lipinski definition) is 2. The minimum Gasteiger partial charge on any atom is -0.372 e. The third-order valence-electron chi connectivity index (χ3n) is 2.22. The van der Waals surface area contributed by atoms with Gasteiger partial charge in [-0.25, -0.2) is 0 Å². The summed E-state index contributed by atoms with van der Waals surface area (Å²) in [5.74, 6) is -0.125. The van der Waals surface area contributed by atoms with Crippen molar-refractivity contribution >= 4 is 17.5 Å². The van der Waals surface area contributed by atoms with Crippen LogP contribution >= 0.6 is 11.6 Å². The van der Waals surface area contributed by atoms with Crippen molar-refractivity contribution in [2.75, 3.05) is 19.8 Å². The first-order chi connectivity index (χ1) is 8.24. The first kappa shape index (κ1) is 14.0. The lowest BCUT2D eigenvalue weighted by Gasteiger charge is -2.11. The van der Waals surface area contributed by atoms with Crippen LogP contribution in [-0.2, 0) is 9.53 Å². The lowest BCUT2D eigenvalue weighted by atomic mass is 10.1. The number of hydrogen-bond donors (Lipinski definition) is 1. The van der Waals surface area contributed by atoms with E-state index in [1.807, 2.05) is 37.3 Å². The zero-order valence-corrected chi connectivity index (χ0v) is 10.7. The Labute approximate surface area is 107 Å². The van der Waals surface area contributed by atoms with Crippen molar-refractivity contribution < 1.29 is 9.53 Å². The Morgan fingerprint density at radius 1 is 1.41 bits per heavy atom. The summed E-state index contributed by atoms with van der Waals surface area (Å²) >= 11 is 6.16. The summed E-state index contributed by atoms with van der Waals surface area (Å²) in [7, 11) is 0. The molecule has 0 spiro atoms. The predicted octanol–water partition coefficient (Wildman–Crippen LogP) is 2.51. The van der Waals surface area contributed by atoms with Crippen LogP contribution in [0.4, 0.5) is 0 Å². The number of carbonyl (C=O) groups is 1. The number of amides is 1. The highest BCUT2D eigenvalue weighted by Gasteiger charge is 2.09. The van der Waals surface area contributed by atoms with Crippen molar-refractivity contribution in [1.29, 1.82) is 0 Å². The van der Waals surface area contributed by atoms with Crippen LogP contribution in [-0.4, -0.2) is 25.7 Å². The Balaban J connectivity index is 2.24. The number of carbonyl (C=O) groups excluding carboxylic acids is 1. The maximum atomic E-state index is 11.4. The van der Waals surface area contributed by atoms with Crippen molar-refractivity contribution in [1.82, 2.24) is 5.32 Å². The van der Waals surface area contributed by atoms with E-state index in [-0.39, 0.29) is 17.9 Å². The van der Waals surface area contributed by atoms with Crippen LogP contribution < -0.4 is 5.32 Å². The molecule has 1 rings (SSSR count). The summed E-state index contributed by atoms with van der Waals surface area (Å²) in [6.07, 6.45) is 0.912. The van der Waals surface area contributed by atoms with Crippen molar-refractivity contribution in [2.24, 2.45) is 0 Å². The van der Waals surface area contributed by atoms with E-state index in [2.05, 4.69) is 5.32 Å². The van der Waals surface area contributed by atoms with Gasteiger partial charge in [-0.15, -0.1) is 11.6 Å². The average molecular weight is 256 g/mol. The second kappa shape index (κ2) is 8.09. The minimum absolute atomic E-state index is 0.103. The fourth-order valence-corrected chi connectivity index (χ4v) is 1.57. The third kappa shape index (κ3) is 5.71. The van der Waals surface area contributed by atoms with Crippen LogP contribution in [0.15, 0.2) is 30.3 Å². The number of rotatable bonds is 7. The standard InChI is InChI=1S/C13H18ClNO2/c1-2-8-17-10-13(16)15-9-12(14)11-6-4-3-5-7-11/h3-7,12H,2,8-10H2,1H3,(H,15,16). The second-order valence-electron chi connectivity index (χ2n) is 3.73. The molecule has 0 aliphatic rings. The van der Waals surface area contributed by atoms with Gasteiger partial charge in [0.05, 0.1) is 5.38 Å². The maximum Gasteiger partial charge on any atom is 0.246 e. The summed E-state index contributed by atoms with van der Waals surface area (Å²) in [6, 6.07) is 9.67. The topological polar surface area (TPSA) is 38.3 Å². The molecule has 1 unspecified atom stereocenters. The fourth-order valence-electron chi connectivity index (χ4n) is 1.34. The van der Waals surface area contributed by atoms with Gasteiger partial charge in [-0.05, 0) is 12.0 Å². The predicted molar refractivity (Wildman–Crippen MR) is 69.2 cm³/mol. The van der Waals surface area contributed by atoms with E-state index in [1.165, 1.54) is 0 Å². The first-order valence-corrected chi connectivity index (χ1v) is 6.21. The van der Waals surface area contributed by atoms with Crippen molar-refractivity contribution in [3.05, 3.63) is 35.9 Å². The van der Waals surface area contributed by atoms with Gasteiger partial charge >= 0.3 is 0 Å². The Morgan fingerprint density at radius 2 is 2.12 bits per heavy atom. The summed E-state index contributed by atoms with van der Waals surface area (Å²) < 4.78 is 5.13. The van der Waals surface area contributed by atoms with Gasteiger partial charge in [0.2, 0.25) is 5.91 Å². The highest BCUT2D eigenvalue weighted by Crippen LogP contribution is 2.18. The van der Waals surface area contributed by atoms with Gasteiger partial charge in [-0.3, -0.25) is 4.79 Å². The molecule has 0 radical (unpaired) electrons. The number of halogens is 1. The SMILES string of the molecule is CCCOCC(=O)NCC(Cl)c1ccccc1. The number of nitrogens with one attached hydrogen (secondary N) is 1. The van der Waals surface area contributed by atoms with E-state index in [0.29, 0.717) is 13.2 Å². The van der Waals surface area contributed by atoms with Gasteiger partial charge in [0.1, 0.15) is 6.61 Å². The lowest BCUT2D eigenvalue weighted by Crippen LogP contribution is -2.30. The van der Waals surface area contributed by atoms with E-state index >= 15 is 0 Å². The number of ether oxygens (including phenoxy) is 1. The van der Waals surface area contributed by atoms with E-state index in [4.69, 9.17) is 16.3 Å². The number of alkyl halides is 1. The molecule has 0 saturated carbocycles. The molecule has 94 valence electrons. The molecule has 0 bridgehead atoms. The molecule has 3 nitrogen and oxygen atoms in total. The summed E-state index contributed by atoms with van der Waals surface area (Å²) in [4.78, 5) is 11.4. The molecule has 1 N–H and O–H groups in total. The minimum atomic E-state index is -0.202. The van der Waals surface area contributed by atoms with Crippen LogP contribution in [0.25, 0.3) is 0 Å². The Bertz CT molecular complexity index is 329. The van der Waals surface area contributed by atoms with Gasteiger partial charge < -0.3 is 10.1 Å². The summed E-state index contributed by atoms with van der Waals surface area (Å²) in [5.41, 5.74) is 1.00. The maximum absolute atomic E-state index is 11.4. The summed E-state index contributed by atoms with van der Waals surface area (Å²) in [6.45, 7) is 3.13. The molecule has 4 heteroatoms. The third-order valence-corrected chi connectivity index (χ3v) is 2.63. The zero-order valence-electron chi connectivity index (χ0n) is 9.99. The molecule has 0 aliphatic carbocycles. The molecule has 1 atom stereocenters. The van der Waals surface area contributed by atoms with Crippen molar-refractivity contribution in [2.45, 2.75) is 18.7 Å². The number of benzene rings is 1.